The van der Waals surface area contributed by atoms with Crippen LogP contribution in [0, 0.1) is 0 Å². The SMILES string of the molecule is CC1Sc2cc3c(cc2NC1=O)OCC(=O)N3Cc1ccccc1. The number of carbonyl (C=O) groups is 2. The first-order valence-electron chi connectivity index (χ1n) is 7.74. The number of thioether (sulfide) groups is 1. The number of nitrogens with zero attached hydrogens (tertiary/aromatic N) is 1. The molecular weight excluding hydrogens is 324 g/mol. The summed E-state index contributed by atoms with van der Waals surface area (Å²) >= 11 is 1.50. The average Bonchev–Trinajstić information content (AvgIpc) is 2.58. The third-order valence-corrected chi connectivity index (χ3v) is 5.28. The van der Waals surface area contributed by atoms with Gasteiger partial charge >= 0.3 is 0 Å². The molecular formula is C18H16N2O3S. The lowest BCUT2D eigenvalue weighted by Crippen LogP contribution is -2.38. The van der Waals surface area contributed by atoms with E-state index < -0.39 is 0 Å². The van der Waals surface area contributed by atoms with Crippen molar-refractivity contribution in [1.29, 1.82) is 0 Å². The zero-order chi connectivity index (χ0) is 16.7. The largest absolute Gasteiger partial charge is 0.481 e. The van der Waals surface area contributed by atoms with Gasteiger partial charge < -0.3 is 15.0 Å². The number of hydrogen-bond acceptors (Lipinski definition) is 4. The van der Waals surface area contributed by atoms with Crippen LogP contribution in [0.3, 0.4) is 0 Å². The predicted molar refractivity (Wildman–Crippen MR) is 93.5 cm³/mol. The van der Waals surface area contributed by atoms with Crippen LogP contribution < -0.4 is 15.0 Å². The maximum atomic E-state index is 12.4. The molecule has 2 aromatic carbocycles. The maximum Gasteiger partial charge on any atom is 0.265 e. The Kier molecular flexibility index (Phi) is 3.69. The number of fused-ring (bicyclic) bond motifs is 2. The van der Waals surface area contributed by atoms with Crippen molar-refractivity contribution in [2.45, 2.75) is 23.6 Å². The van der Waals surface area contributed by atoms with E-state index in [1.54, 1.807) is 4.90 Å². The van der Waals surface area contributed by atoms with Crippen LogP contribution in [0.2, 0.25) is 0 Å². The standard InChI is InChI=1S/C18H16N2O3S/c1-11-18(22)19-13-7-15-14(8-16(13)24-11)20(17(21)10-23-15)9-12-5-3-2-4-6-12/h2-8,11H,9-10H2,1H3,(H,19,22). The fourth-order valence-corrected chi connectivity index (χ4v) is 3.80. The molecule has 2 amide bonds. The summed E-state index contributed by atoms with van der Waals surface area (Å²) in [6.45, 7) is 2.38. The zero-order valence-corrected chi connectivity index (χ0v) is 13.9. The lowest BCUT2D eigenvalue weighted by atomic mass is 10.1. The van der Waals surface area contributed by atoms with Crippen LogP contribution in [0.15, 0.2) is 47.4 Å². The molecule has 0 saturated heterocycles. The first-order chi connectivity index (χ1) is 11.6. The summed E-state index contributed by atoms with van der Waals surface area (Å²) in [5.74, 6) is 0.546. The van der Waals surface area contributed by atoms with Gasteiger partial charge in [0.1, 0.15) is 5.75 Å². The van der Waals surface area contributed by atoms with Crippen molar-refractivity contribution in [2.24, 2.45) is 0 Å². The summed E-state index contributed by atoms with van der Waals surface area (Å²) in [6, 6.07) is 13.6. The van der Waals surface area contributed by atoms with Gasteiger partial charge in [0.2, 0.25) is 5.91 Å². The Balaban J connectivity index is 1.73. The van der Waals surface area contributed by atoms with Gasteiger partial charge in [-0.25, -0.2) is 0 Å². The third-order valence-electron chi connectivity index (χ3n) is 4.12. The summed E-state index contributed by atoms with van der Waals surface area (Å²) in [4.78, 5) is 26.9. The molecule has 0 fully saturated rings. The predicted octanol–water partition coefficient (Wildman–Crippen LogP) is 3.04. The molecule has 2 aliphatic heterocycles. The molecule has 0 aromatic heterocycles. The smallest absolute Gasteiger partial charge is 0.265 e. The molecule has 0 bridgehead atoms. The Morgan fingerprint density at radius 2 is 2.04 bits per heavy atom. The number of ether oxygens (including phenoxy) is 1. The number of hydrogen-bond donors (Lipinski definition) is 1. The third kappa shape index (κ3) is 2.63. The number of anilines is 2. The normalized spacial score (nSPS) is 19.2. The van der Waals surface area contributed by atoms with E-state index in [0.29, 0.717) is 12.3 Å². The van der Waals surface area contributed by atoms with Crippen molar-refractivity contribution in [3.8, 4) is 5.75 Å². The lowest BCUT2D eigenvalue weighted by molar-refractivity contribution is -0.121. The quantitative estimate of drug-likeness (QED) is 0.913. The Morgan fingerprint density at radius 1 is 1.25 bits per heavy atom. The summed E-state index contributed by atoms with van der Waals surface area (Å²) in [6.07, 6.45) is 0. The zero-order valence-electron chi connectivity index (χ0n) is 13.1. The van der Waals surface area contributed by atoms with Crippen LogP contribution in [0.1, 0.15) is 12.5 Å². The molecule has 4 rings (SSSR count). The van der Waals surface area contributed by atoms with Crippen LogP contribution in [0.5, 0.6) is 5.75 Å². The highest BCUT2D eigenvalue weighted by Crippen LogP contribution is 2.44. The summed E-state index contributed by atoms with van der Waals surface area (Å²) < 4.78 is 5.58. The van der Waals surface area contributed by atoms with Crippen molar-refractivity contribution in [1.82, 2.24) is 0 Å². The van der Waals surface area contributed by atoms with Gasteiger partial charge in [0, 0.05) is 11.0 Å². The van der Waals surface area contributed by atoms with E-state index in [9.17, 15) is 9.59 Å². The van der Waals surface area contributed by atoms with Crippen LogP contribution in [-0.4, -0.2) is 23.7 Å². The molecule has 0 aliphatic carbocycles. The average molecular weight is 340 g/mol. The fourth-order valence-electron chi connectivity index (χ4n) is 2.84. The number of rotatable bonds is 2. The second-order valence-corrected chi connectivity index (χ2v) is 7.20. The molecule has 1 N–H and O–H groups in total. The molecule has 122 valence electrons. The van der Waals surface area contributed by atoms with Gasteiger partial charge in [0.25, 0.3) is 5.91 Å². The van der Waals surface area contributed by atoms with Gasteiger partial charge in [0.15, 0.2) is 6.61 Å². The molecule has 5 nitrogen and oxygen atoms in total. The van der Waals surface area contributed by atoms with Crippen molar-refractivity contribution in [3.05, 3.63) is 48.0 Å². The van der Waals surface area contributed by atoms with E-state index in [0.717, 1.165) is 21.8 Å². The Hall–Kier alpha value is -2.47. The first kappa shape index (κ1) is 15.1. The number of benzene rings is 2. The van der Waals surface area contributed by atoms with E-state index in [4.69, 9.17) is 4.74 Å². The monoisotopic (exact) mass is 340 g/mol. The van der Waals surface area contributed by atoms with Gasteiger partial charge in [-0.15, -0.1) is 11.8 Å². The summed E-state index contributed by atoms with van der Waals surface area (Å²) in [5, 5.41) is 2.74. The Labute approximate surface area is 144 Å². The molecule has 1 unspecified atom stereocenters. The molecule has 24 heavy (non-hydrogen) atoms. The van der Waals surface area contributed by atoms with Crippen LogP contribution in [-0.2, 0) is 16.1 Å². The molecule has 1 atom stereocenters. The van der Waals surface area contributed by atoms with Crippen LogP contribution in [0.25, 0.3) is 0 Å². The van der Waals surface area contributed by atoms with Crippen molar-refractivity contribution >= 4 is 35.0 Å². The lowest BCUT2D eigenvalue weighted by Gasteiger charge is -2.32. The highest BCUT2D eigenvalue weighted by atomic mass is 32.2. The van der Waals surface area contributed by atoms with Gasteiger partial charge in [0.05, 0.1) is 23.2 Å². The molecule has 2 heterocycles. The Morgan fingerprint density at radius 3 is 2.83 bits per heavy atom. The van der Waals surface area contributed by atoms with Gasteiger partial charge in [-0.1, -0.05) is 30.3 Å². The van der Waals surface area contributed by atoms with E-state index >= 15 is 0 Å². The van der Waals surface area contributed by atoms with Gasteiger partial charge in [-0.3, -0.25) is 9.59 Å². The molecule has 2 aromatic rings. The molecule has 2 aliphatic rings. The second-order valence-electron chi connectivity index (χ2n) is 5.82. The summed E-state index contributed by atoms with van der Waals surface area (Å²) in [7, 11) is 0. The fraction of sp³-hybridized carbons (Fsp3) is 0.222. The molecule has 0 spiro atoms. The topological polar surface area (TPSA) is 58.6 Å². The minimum absolute atomic E-state index is 0.0100. The van der Waals surface area contributed by atoms with Crippen molar-refractivity contribution in [3.63, 3.8) is 0 Å². The highest BCUT2D eigenvalue weighted by Gasteiger charge is 2.30. The Bertz CT molecular complexity index is 823. The van der Waals surface area contributed by atoms with E-state index in [1.807, 2.05) is 49.4 Å². The summed E-state index contributed by atoms with van der Waals surface area (Å²) in [5.41, 5.74) is 2.56. The molecule has 6 heteroatoms. The number of nitrogens with one attached hydrogen (secondary N) is 1. The van der Waals surface area contributed by atoms with Gasteiger partial charge in [-0.2, -0.15) is 0 Å². The molecule has 0 saturated carbocycles. The first-order valence-corrected chi connectivity index (χ1v) is 8.62. The second kappa shape index (κ2) is 5.87. The minimum Gasteiger partial charge on any atom is -0.481 e. The highest BCUT2D eigenvalue weighted by molar-refractivity contribution is 8.01. The van der Waals surface area contributed by atoms with Crippen molar-refractivity contribution in [2.75, 3.05) is 16.8 Å². The van der Waals surface area contributed by atoms with Crippen LogP contribution in [0.4, 0.5) is 11.4 Å². The van der Waals surface area contributed by atoms with E-state index in [1.165, 1.54) is 11.8 Å². The van der Waals surface area contributed by atoms with Crippen molar-refractivity contribution < 1.29 is 14.3 Å². The van der Waals surface area contributed by atoms with E-state index in [-0.39, 0.29) is 23.7 Å². The van der Waals surface area contributed by atoms with Crippen LogP contribution >= 0.6 is 11.8 Å². The molecule has 0 radical (unpaired) electrons. The maximum absolute atomic E-state index is 12.4. The minimum atomic E-state index is -0.154. The number of carbonyl (C=O) groups excluding carboxylic acids is 2. The van der Waals surface area contributed by atoms with E-state index in [2.05, 4.69) is 5.32 Å². The van der Waals surface area contributed by atoms with Gasteiger partial charge in [-0.05, 0) is 18.6 Å². The number of amides is 2.